The predicted octanol–water partition coefficient (Wildman–Crippen LogP) is 2.45. The lowest BCUT2D eigenvalue weighted by molar-refractivity contribution is 0.510. The van der Waals surface area contributed by atoms with E-state index in [9.17, 15) is 8.42 Å². The number of furan rings is 1. The van der Waals surface area contributed by atoms with Crippen molar-refractivity contribution in [2.45, 2.75) is 13.5 Å². The maximum absolute atomic E-state index is 11.3. The zero-order valence-corrected chi connectivity index (χ0v) is 11.0. The topological polar surface area (TPSA) is 59.3 Å². The molecule has 17 heavy (non-hydrogen) atoms. The summed E-state index contributed by atoms with van der Waals surface area (Å²) in [7, 11) is -3.17. The van der Waals surface area contributed by atoms with Gasteiger partial charge in [0.15, 0.2) is 0 Å². The Balaban J connectivity index is 2.05. The molecule has 0 aliphatic heterocycles. The molecule has 2 aromatic heterocycles. The van der Waals surface area contributed by atoms with E-state index in [4.69, 9.17) is 4.42 Å². The standard InChI is InChI=1S/C11H13NO3S2/c1-2-17(13,14)12-7-10-3-4-11(15-10)9-5-6-16-8-9/h3-6,8,12H,2,7H2,1H3. The second kappa shape index (κ2) is 5.03. The maximum atomic E-state index is 11.3. The molecule has 2 rings (SSSR count). The van der Waals surface area contributed by atoms with Gasteiger partial charge in [0, 0.05) is 10.9 Å². The number of hydrogen-bond donors (Lipinski definition) is 1. The van der Waals surface area contributed by atoms with Gasteiger partial charge in [-0.25, -0.2) is 13.1 Å². The van der Waals surface area contributed by atoms with Crippen molar-refractivity contribution >= 4 is 21.4 Å². The first-order valence-corrected chi connectivity index (χ1v) is 7.79. The highest BCUT2D eigenvalue weighted by Crippen LogP contribution is 2.24. The monoisotopic (exact) mass is 271 g/mol. The number of thiophene rings is 1. The first-order valence-electron chi connectivity index (χ1n) is 5.19. The lowest BCUT2D eigenvalue weighted by Gasteiger charge is -2.01. The molecule has 0 amide bonds. The normalized spacial score (nSPS) is 11.8. The Morgan fingerprint density at radius 2 is 2.18 bits per heavy atom. The average Bonchev–Trinajstić information content (AvgIpc) is 2.97. The van der Waals surface area contributed by atoms with Crippen molar-refractivity contribution in [1.29, 1.82) is 0 Å². The van der Waals surface area contributed by atoms with Gasteiger partial charge in [-0.1, -0.05) is 0 Å². The van der Waals surface area contributed by atoms with Crippen LogP contribution in [0.2, 0.25) is 0 Å². The first-order chi connectivity index (χ1) is 8.11. The van der Waals surface area contributed by atoms with Crippen LogP contribution >= 0.6 is 11.3 Å². The highest BCUT2D eigenvalue weighted by molar-refractivity contribution is 7.89. The molecule has 0 bridgehead atoms. The molecule has 0 saturated heterocycles. The molecular weight excluding hydrogens is 258 g/mol. The minimum atomic E-state index is -3.17. The zero-order chi connectivity index (χ0) is 12.3. The van der Waals surface area contributed by atoms with Crippen LogP contribution in [0, 0.1) is 0 Å². The number of nitrogens with one attached hydrogen (secondary N) is 1. The maximum Gasteiger partial charge on any atom is 0.211 e. The third-order valence-electron chi connectivity index (χ3n) is 2.31. The van der Waals surface area contributed by atoms with E-state index >= 15 is 0 Å². The van der Waals surface area contributed by atoms with Crippen LogP contribution in [0.25, 0.3) is 11.3 Å². The van der Waals surface area contributed by atoms with Crippen LogP contribution in [0.4, 0.5) is 0 Å². The number of sulfonamides is 1. The number of rotatable bonds is 5. The third-order valence-corrected chi connectivity index (χ3v) is 4.34. The summed E-state index contributed by atoms with van der Waals surface area (Å²) in [5, 5.41) is 3.95. The van der Waals surface area contributed by atoms with Crippen LogP contribution < -0.4 is 4.72 Å². The molecule has 0 saturated carbocycles. The molecule has 2 aromatic rings. The summed E-state index contributed by atoms with van der Waals surface area (Å²) in [5.41, 5.74) is 1.01. The molecule has 0 aliphatic rings. The Hall–Kier alpha value is -1.11. The van der Waals surface area contributed by atoms with Gasteiger partial charge in [0.05, 0.1) is 12.3 Å². The minimum absolute atomic E-state index is 0.0745. The van der Waals surface area contributed by atoms with Crippen LogP contribution in [0.5, 0.6) is 0 Å². The Morgan fingerprint density at radius 3 is 2.82 bits per heavy atom. The Bertz CT molecular complexity index is 570. The molecule has 2 heterocycles. The van der Waals surface area contributed by atoms with Gasteiger partial charge < -0.3 is 4.42 Å². The minimum Gasteiger partial charge on any atom is -0.460 e. The van der Waals surface area contributed by atoms with Gasteiger partial charge in [-0.3, -0.25) is 0 Å². The van der Waals surface area contributed by atoms with Crippen molar-refractivity contribution in [3.8, 4) is 11.3 Å². The van der Waals surface area contributed by atoms with E-state index in [2.05, 4.69) is 4.72 Å². The van der Waals surface area contributed by atoms with Crippen molar-refractivity contribution in [3.63, 3.8) is 0 Å². The van der Waals surface area contributed by atoms with Crippen molar-refractivity contribution < 1.29 is 12.8 Å². The van der Waals surface area contributed by atoms with Gasteiger partial charge in [-0.15, -0.1) is 0 Å². The summed E-state index contributed by atoms with van der Waals surface area (Å²) >= 11 is 1.59. The smallest absolute Gasteiger partial charge is 0.211 e. The molecule has 0 aromatic carbocycles. The SMILES string of the molecule is CCS(=O)(=O)NCc1ccc(-c2ccsc2)o1. The van der Waals surface area contributed by atoms with E-state index in [1.165, 1.54) is 0 Å². The first kappa shape index (κ1) is 12.3. The fourth-order valence-corrected chi connectivity index (χ4v) is 2.53. The van der Waals surface area contributed by atoms with Gasteiger partial charge in [0.1, 0.15) is 11.5 Å². The fraction of sp³-hybridized carbons (Fsp3) is 0.273. The molecule has 1 N–H and O–H groups in total. The summed E-state index contributed by atoms with van der Waals surface area (Å²) < 4.78 is 30.5. The van der Waals surface area contributed by atoms with Gasteiger partial charge in [-0.2, -0.15) is 11.3 Å². The molecule has 0 aliphatic carbocycles. The van der Waals surface area contributed by atoms with Gasteiger partial charge >= 0.3 is 0 Å². The van der Waals surface area contributed by atoms with Crippen molar-refractivity contribution in [3.05, 3.63) is 34.7 Å². The Kier molecular flexibility index (Phi) is 3.66. The molecule has 0 atom stereocenters. The predicted molar refractivity (Wildman–Crippen MR) is 68.3 cm³/mol. The summed E-state index contributed by atoms with van der Waals surface area (Å²) in [4.78, 5) is 0. The molecule has 92 valence electrons. The van der Waals surface area contributed by atoms with E-state index in [1.54, 1.807) is 24.3 Å². The van der Waals surface area contributed by atoms with Crippen LogP contribution in [0.1, 0.15) is 12.7 Å². The van der Waals surface area contributed by atoms with Gasteiger partial charge in [0.25, 0.3) is 0 Å². The van der Waals surface area contributed by atoms with Crippen LogP contribution in [-0.4, -0.2) is 14.2 Å². The zero-order valence-electron chi connectivity index (χ0n) is 9.34. The Labute approximate surface area is 104 Å². The summed E-state index contributed by atoms with van der Waals surface area (Å²) in [6.07, 6.45) is 0. The highest BCUT2D eigenvalue weighted by atomic mass is 32.2. The van der Waals surface area contributed by atoms with Crippen molar-refractivity contribution in [2.24, 2.45) is 0 Å². The van der Waals surface area contributed by atoms with E-state index in [0.29, 0.717) is 5.76 Å². The summed E-state index contributed by atoms with van der Waals surface area (Å²) in [6, 6.07) is 5.59. The van der Waals surface area contributed by atoms with Crippen LogP contribution in [0.3, 0.4) is 0 Å². The molecule has 0 radical (unpaired) electrons. The molecule has 4 nitrogen and oxygen atoms in total. The third kappa shape index (κ3) is 3.18. The largest absolute Gasteiger partial charge is 0.460 e. The van der Waals surface area contributed by atoms with Crippen molar-refractivity contribution in [1.82, 2.24) is 4.72 Å². The molecule has 0 spiro atoms. The average molecular weight is 271 g/mol. The number of hydrogen-bond acceptors (Lipinski definition) is 4. The summed E-state index contributed by atoms with van der Waals surface area (Å²) in [5.74, 6) is 1.45. The summed E-state index contributed by atoms with van der Waals surface area (Å²) in [6.45, 7) is 1.79. The van der Waals surface area contributed by atoms with Crippen LogP contribution in [0.15, 0.2) is 33.4 Å². The second-order valence-corrected chi connectivity index (χ2v) is 6.38. The lowest BCUT2D eigenvalue weighted by atomic mass is 10.3. The Morgan fingerprint density at radius 1 is 1.35 bits per heavy atom. The lowest BCUT2D eigenvalue weighted by Crippen LogP contribution is -2.24. The van der Waals surface area contributed by atoms with Crippen LogP contribution in [-0.2, 0) is 16.6 Å². The van der Waals surface area contributed by atoms with E-state index in [0.717, 1.165) is 11.3 Å². The molecule has 0 unspecified atom stereocenters. The fourth-order valence-electron chi connectivity index (χ4n) is 1.32. The molecule has 6 heteroatoms. The van der Waals surface area contributed by atoms with Gasteiger partial charge in [-0.05, 0) is 30.5 Å². The molecule has 0 fully saturated rings. The highest BCUT2D eigenvalue weighted by Gasteiger charge is 2.09. The van der Waals surface area contributed by atoms with E-state index < -0.39 is 10.0 Å². The van der Waals surface area contributed by atoms with Crippen molar-refractivity contribution in [2.75, 3.05) is 5.75 Å². The molecular formula is C11H13NO3S2. The second-order valence-electron chi connectivity index (χ2n) is 3.50. The van der Waals surface area contributed by atoms with E-state index in [1.807, 2.05) is 22.9 Å². The van der Waals surface area contributed by atoms with Gasteiger partial charge in [0.2, 0.25) is 10.0 Å². The quantitative estimate of drug-likeness (QED) is 0.908. The van der Waals surface area contributed by atoms with E-state index in [-0.39, 0.29) is 12.3 Å².